The first-order chi connectivity index (χ1) is 8.72. The van der Waals surface area contributed by atoms with Gasteiger partial charge in [-0.1, -0.05) is 13.8 Å². The van der Waals surface area contributed by atoms with Crippen molar-refractivity contribution < 1.29 is 4.74 Å². The molecule has 4 aliphatic rings. The molecular weight excluding hydrogens is 224 g/mol. The van der Waals surface area contributed by atoms with Crippen LogP contribution in [0.15, 0.2) is 0 Å². The Labute approximate surface area is 111 Å². The molecule has 0 aliphatic carbocycles. The van der Waals surface area contributed by atoms with Gasteiger partial charge in [-0.3, -0.25) is 0 Å². The molecule has 0 radical (unpaired) electrons. The van der Waals surface area contributed by atoms with Gasteiger partial charge in [0.05, 0.1) is 6.10 Å². The third-order valence-electron chi connectivity index (χ3n) is 5.16. The highest BCUT2D eigenvalue weighted by atomic mass is 16.5. The summed E-state index contributed by atoms with van der Waals surface area (Å²) in [6.45, 7) is 9.47. The summed E-state index contributed by atoms with van der Waals surface area (Å²) in [5.41, 5.74) is 0. The van der Waals surface area contributed by atoms with E-state index in [1.165, 1.54) is 45.3 Å². The van der Waals surface area contributed by atoms with Gasteiger partial charge >= 0.3 is 0 Å². The molecule has 0 saturated carbocycles. The van der Waals surface area contributed by atoms with Gasteiger partial charge in [-0.05, 0) is 50.6 Å². The highest BCUT2D eigenvalue weighted by Gasteiger charge is 2.36. The number of hydrogen-bond donors (Lipinski definition) is 1. The normalized spacial score (nSPS) is 44.5. The molecule has 0 aromatic rings. The maximum absolute atomic E-state index is 5.87. The van der Waals surface area contributed by atoms with Crippen molar-refractivity contribution in [1.82, 2.24) is 10.2 Å². The van der Waals surface area contributed by atoms with Crippen LogP contribution in [0.5, 0.6) is 0 Å². The van der Waals surface area contributed by atoms with E-state index >= 15 is 0 Å². The van der Waals surface area contributed by atoms with Gasteiger partial charge in [-0.25, -0.2) is 0 Å². The van der Waals surface area contributed by atoms with Crippen molar-refractivity contribution in [2.45, 2.75) is 57.7 Å². The van der Waals surface area contributed by atoms with Crippen LogP contribution in [0, 0.1) is 11.8 Å². The number of nitrogens with zero attached hydrogens (tertiary/aromatic N) is 1. The minimum Gasteiger partial charge on any atom is -0.378 e. The lowest BCUT2D eigenvalue weighted by molar-refractivity contribution is -0.0319. The minimum atomic E-state index is 0.470. The molecule has 2 bridgehead atoms. The molecule has 4 rings (SSSR count). The summed E-state index contributed by atoms with van der Waals surface area (Å²) >= 11 is 0. The van der Waals surface area contributed by atoms with Crippen LogP contribution in [0.4, 0.5) is 0 Å². The molecule has 3 atom stereocenters. The Morgan fingerprint density at radius 2 is 1.94 bits per heavy atom. The van der Waals surface area contributed by atoms with Crippen LogP contribution in [0.1, 0.15) is 39.5 Å². The van der Waals surface area contributed by atoms with Crippen LogP contribution >= 0.6 is 0 Å². The molecular formula is C15H28N2O. The molecule has 0 aromatic heterocycles. The first-order valence-corrected chi connectivity index (χ1v) is 7.82. The lowest BCUT2D eigenvalue weighted by Crippen LogP contribution is -2.59. The zero-order valence-electron chi connectivity index (χ0n) is 11.9. The molecule has 0 aromatic carbocycles. The first-order valence-electron chi connectivity index (χ1n) is 7.82. The summed E-state index contributed by atoms with van der Waals surface area (Å²) in [7, 11) is 0. The predicted molar refractivity (Wildman–Crippen MR) is 73.7 cm³/mol. The Bertz CT molecular complexity index is 274. The topological polar surface area (TPSA) is 24.5 Å². The first kappa shape index (κ1) is 12.9. The second-order valence-corrected chi connectivity index (χ2v) is 6.79. The Hall–Kier alpha value is -0.120. The van der Waals surface area contributed by atoms with Crippen LogP contribution in [0.3, 0.4) is 0 Å². The summed E-state index contributed by atoms with van der Waals surface area (Å²) in [5.74, 6) is 1.59. The SMILES string of the molecule is CC(C)C1CC(NC2CN3CCC2CC3)CCO1. The van der Waals surface area contributed by atoms with Crippen molar-refractivity contribution in [1.29, 1.82) is 0 Å². The molecule has 4 heterocycles. The number of hydrogen-bond acceptors (Lipinski definition) is 3. The van der Waals surface area contributed by atoms with Gasteiger partial charge in [0.25, 0.3) is 0 Å². The number of ether oxygens (including phenoxy) is 1. The summed E-state index contributed by atoms with van der Waals surface area (Å²) in [4.78, 5) is 2.64. The van der Waals surface area contributed by atoms with Crippen molar-refractivity contribution in [3.8, 4) is 0 Å². The Kier molecular flexibility index (Phi) is 3.92. The van der Waals surface area contributed by atoms with Gasteiger partial charge in [0.15, 0.2) is 0 Å². The maximum atomic E-state index is 5.87. The molecule has 18 heavy (non-hydrogen) atoms. The van der Waals surface area contributed by atoms with Gasteiger partial charge in [0.2, 0.25) is 0 Å². The Balaban J connectivity index is 1.53. The van der Waals surface area contributed by atoms with Gasteiger partial charge < -0.3 is 15.0 Å². The van der Waals surface area contributed by atoms with E-state index in [1.807, 2.05) is 0 Å². The number of rotatable bonds is 3. The highest BCUT2D eigenvalue weighted by molar-refractivity contribution is 4.93. The van der Waals surface area contributed by atoms with E-state index in [0.29, 0.717) is 18.1 Å². The van der Waals surface area contributed by atoms with Gasteiger partial charge in [-0.2, -0.15) is 0 Å². The fourth-order valence-electron chi connectivity index (χ4n) is 3.90. The largest absolute Gasteiger partial charge is 0.378 e. The third-order valence-corrected chi connectivity index (χ3v) is 5.16. The van der Waals surface area contributed by atoms with Crippen LogP contribution in [-0.4, -0.2) is 49.3 Å². The second kappa shape index (κ2) is 5.48. The van der Waals surface area contributed by atoms with Crippen LogP contribution in [0.2, 0.25) is 0 Å². The standard InChI is InChI=1S/C15H28N2O/c1-11(2)15-9-13(5-8-18-15)16-14-10-17-6-3-12(14)4-7-17/h11-16H,3-10H2,1-2H3. The number of fused-ring (bicyclic) bond motifs is 3. The number of nitrogens with one attached hydrogen (secondary N) is 1. The van der Waals surface area contributed by atoms with E-state index in [1.54, 1.807) is 0 Å². The van der Waals surface area contributed by atoms with Gasteiger partial charge in [-0.15, -0.1) is 0 Å². The van der Waals surface area contributed by atoms with Crippen LogP contribution in [-0.2, 0) is 4.74 Å². The molecule has 0 spiro atoms. The Morgan fingerprint density at radius 1 is 1.17 bits per heavy atom. The van der Waals surface area contributed by atoms with E-state index in [0.717, 1.165) is 18.6 Å². The zero-order valence-corrected chi connectivity index (χ0v) is 11.9. The average molecular weight is 252 g/mol. The fraction of sp³-hybridized carbons (Fsp3) is 1.00. The van der Waals surface area contributed by atoms with Crippen molar-refractivity contribution in [2.75, 3.05) is 26.2 Å². The van der Waals surface area contributed by atoms with Gasteiger partial charge in [0.1, 0.15) is 0 Å². The van der Waals surface area contributed by atoms with Gasteiger partial charge in [0, 0.05) is 25.2 Å². The van der Waals surface area contributed by atoms with Crippen LogP contribution < -0.4 is 5.32 Å². The van der Waals surface area contributed by atoms with E-state index in [4.69, 9.17) is 4.74 Å². The molecule has 3 unspecified atom stereocenters. The molecule has 4 fully saturated rings. The molecule has 3 heteroatoms. The van der Waals surface area contributed by atoms with E-state index < -0.39 is 0 Å². The Morgan fingerprint density at radius 3 is 2.56 bits per heavy atom. The van der Waals surface area contributed by atoms with Crippen molar-refractivity contribution in [2.24, 2.45) is 11.8 Å². The molecule has 0 amide bonds. The van der Waals surface area contributed by atoms with E-state index in [2.05, 4.69) is 24.1 Å². The van der Waals surface area contributed by atoms with Crippen molar-refractivity contribution >= 4 is 0 Å². The quantitative estimate of drug-likeness (QED) is 0.830. The number of piperidine rings is 3. The molecule has 1 N–H and O–H groups in total. The summed E-state index contributed by atoms with van der Waals surface area (Å²) in [5, 5.41) is 3.95. The monoisotopic (exact) mass is 252 g/mol. The van der Waals surface area contributed by atoms with E-state index in [-0.39, 0.29) is 0 Å². The predicted octanol–water partition coefficient (Wildman–Crippen LogP) is 1.87. The summed E-state index contributed by atoms with van der Waals surface area (Å²) in [6, 6.07) is 1.44. The summed E-state index contributed by atoms with van der Waals surface area (Å²) in [6.07, 6.45) is 5.70. The highest BCUT2D eigenvalue weighted by Crippen LogP contribution is 2.29. The van der Waals surface area contributed by atoms with Crippen molar-refractivity contribution in [3.05, 3.63) is 0 Å². The lowest BCUT2D eigenvalue weighted by atomic mass is 9.83. The third kappa shape index (κ3) is 2.73. The lowest BCUT2D eigenvalue weighted by Gasteiger charge is -2.47. The van der Waals surface area contributed by atoms with Crippen LogP contribution in [0.25, 0.3) is 0 Å². The smallest absolute Gasteiger partial charge is 0.0612 e. The second-order valence-electron chi connectivity index (χ2n) is 6.79. The fourth-order valence-corrected chi connectivity index (χ4v) is 3.90. The molecule has 4 aliphatic heterocycles. The minimum absolute atomic E-state index is 0.470. The molecule has 3 nitrogen and oxygen atoms in total. The molecule has 4 saturated heterocycles. The average Bonchev–Trinajstić information content (AvgIpc) is 2.40. The summed E-state index contributed by atoms with van der Waals surface area (Å²) < 4.78 is 5.87. The van der Waals surface area contributed by atoms with Crippen molar-refractivity contribution in [3.63, 3.8) is 0 Å². The maximum Gasteiger partial charge on any atom is 0.0612 e. The van der Waals surface area contributed by atoms with E-state index in [9.17, 15) is 0 Å². The molecule has 104 valence electrons. The zero-order chi connectivity index (χ0) is 12.5.